The SMILES string of the molecule is C[C@@H](OC(=O)CN1C(=O)C(=O)c2ccccc21)C(=O)NCc1ccc2c(c1)OCO2. The van der Waals surface area contributed by atoms with Crippen LogP contribution in [0.25, 0.3) is 0 Å². The molecule has 0 bridgehead atoms. The number of hydrogen-bond donors (Lipinski definition) is 1. The quantitative estimate of drug-likeness (QED) is 0.562. The molecule has 2 aromatic rings. The molecule has 0 radical (unpaired) electrons. The molecule has 2 heterocycles. The maximum Gasteiger partial charge on any atom is 0.326 e. The lowest BCUT2D eigenvalue weighted by molar-refractivity contribution is -0.153. The number of para-hydroxylation sites is 1. The molecule has 0 aromatic heterocycles. The van der Waals surface area contributed by atoms with Gasteiger partial charge in [-0.05, 0) is 36.8 Å². The van der Waals surface area contributed by atoms with Gasteiger partial charge >= 0.3 is 5.97 Å². The molecule has 1 N–H and O–H groups in total. The minimum absolute atomic E-state index is 0.160. The van der Waals surface area contributed by atoms with Gasteiger partial charge in [-0.25, -0.2) is 0 Å². The molecular weight excluding hydrogens is 392 g/mol. The van der Waals surface area contributed by atoms with Crippen molar-refractivity contribution < 1.29 is 33.4 Å². The van der Waals surface area contributed by atoms with Crippen LogP contribution in [0.4, 0.5) is 5.69 Å². The van der Waals surface area contributed by atoms with E-state index in [1.807, 2.05) is 0 Å². The summed E-state index contributed by atoms with van der Waals surface area (Å²) in [4.78, 5) is 49.7. The molecule has 2 aromatic carbocycles. The van der Waals surface area contributed by atoms with Crippen LogP contribution < -0.4 is 19.7 Å². The first-order valence-electron chi connectivity index (χ1n) is 9.25. The van der Waals surface area contributed by atoms with Gasteiger partial charge in [-0.2, -0.15) is 0 Å². The molecule has 4 rings (SSSR count). The van der Waals surface area contributed by atoms with Gasteiger partial charge in [0, 0.05) is 6.54 Å². The number of carbonyl (C=O) groups is 4. The second-order valence-corrected chi connectivity index (χ2v) is 6.78. The summed E-state index contributed by atoms with van der Waals surface area (Å²) in [6, 6.07) is 11.7. The van der Waals surface area contributed by atoms with Crippen molar-refractivity contribution in [2.45, 2.75) is 19.6 Å². The molecule has 0 saturated heterocycles. The Bertz CT molecular complexity index is 1050. The molecule has 2 amide bonds. The van der Waals surface area contributed by atoms with Crippen molar-refractivity contribution in [1.82, 2.24) is 5.32 Å². The molecule has 9 nitrogen and oxygen atoms in total. The van der Waals surface area contributed by atoms with Crippen LogP contribution in [0.15, 0.2) is 42.5 Å². The average molecular weight is 410 g/mol. The van der Waals surface area contributed by atoms with Gasteiger partial charge in [0.1, 0.15) is 6.54 Å². The van der Waals surface area contributed by atoms with E-state index in [0.29, 0.717) is 17.2 Å². The second-order valence-electron chi connectivity index (χ2n) is 6.78. The predicted octanol–water partition coefficient (Wildman–Crippen LogP) is 1.19. The van der Waals surface area contributed by atoms with E-state index >= 15 is 0 Å². The Hall–Kier alpha value is -3.88. The maximum absolute atomic E-state index is 12.3. The third-order valence-corrected chi connectivity index (χ3v) is 4.75. The van der Waals surface area contributed by atoms with Gasteiger partial charge in [-0.15, -0.1) is 0 Å². The molecule has 1 atom stereocenters. The number of fused-ring (bicyclic) bond motifs is 2. The number of Topliss-reactive ketones (excluding diaryl/α,β-unsaturated/α-hetero) is 1. The molecule has 0 unspecified atom stereocenters. The Morgan fingerprint density at radius 2 is 1.90 bits per heavy atom. The molecule has 0 spiro atoms. The molecule has 0 saturated carbocycles. The largest absolute Gasteiger partial charge is 0.454 e. The highest BCUT2D eigenvalue weighted by Crippen LogP contribution is 2.32. The van der Waals surface area contributed by atoms with Crippen molar-refractivity contribution in [3.05, 3.63) is 53.6 Å². The molecule has 154 valence electrons. The minimum Gasteiger partial charge on any atom is -0.454 e. The summed E-state index contributed by atoms with van der Waals surface area (Å²) in [5, 5.41) is 2.67. The van der Waals surface area contributed by atoms with Crippen molar-refractivity contribution in [2.75, 3.05) is 18.2 Å². The van der Waals surface area contributed by atoms with Gasteiger partial charge in [0.25, 0.3) is 17.6 Å². The Labute approximate surface area is 171 Å². The summed E-state index contributed by atoms with van der Waals surface area (Å²) in [5.41, 5.74) is 1.39. The van der Waals surface area contributed by atoms with Crippen LogP contribution in [0.3, 0.4) is 0 Å². The average Bonchev–Trinajstić information content (AvgIpc) is 3.30. The summed E-state index contributed by atoms with van der Waals surface area (Å²) in [6.07, 6.45) is -1.07. The Morgan fingerprint density at radius 1 is 1.13 bits per heavy atom. The smallest absolute Gasteiger partial charge is 0.326 e. The number of benzene rings is 2. The normalized spacial score (nSPS) is 15.0. The van der Waals surface area contributed by atoms with Gasteiger partial charge in [-0.3, -0.25) is 24.1 Å². The van der Waals surface area contributed by atoms with E-state index in [1.54, 1.807) is 36.4 Å². The van der Waals surface area contributed by atoms with Gasteiger partial charge in [-0.1, -0.05) is 18.2 Å². The number of nitrogens with zero attached hydrogens (tertiary/aromatic N) is 1. The summed E-state index contributed by atoms with van der Waals surface area (Å²) < 4.78 is 15.7. The van der Waals surface area contributed by atoms with E-state index in [-0.39, 0.29) is 18.9 Å². The highest BCUT2D eigenvalue weighted by molar-refractivity contribution is 6.52. The molecule has 2 aliphatic rings. The van der Waals surface area contributed by atoms with E-state index in [2.05, 4.69) is 5.32 Å². The minimum atomic E-state index is -1.07. The number of esters is 1. The second kappa shape index (κ2) is 7.86. The number of nitrogens with one attached hydrogen (secondary N) is 1. The van der Waals surface area contributed by atoms with Crippen molar-refractivity contribution in [2.24, 2.45) is 0 Å². The van der Waals surface area contributed by atoms with E-state index in [0.717, 1.165) is 10.5 Å². The van der Waals surface area contributed by atoms with Crippen LogP contribution in [0.1, 0.15) is 22.8 Å². The van der Waals surface area contributed by atoms with Crippen molar-refractivity contribution in [3.63, 3.8) is 0 Å². The fourth-order valence-electron chi connectivity index (χ4n) is 3.21. The van der Waals surface area contributed by atoms with Crippen LogP contribution in [0, 0.1) is 0 Å². The summed E-state index contributed by atoms with van der Waals surface area (Å²) in [7, 11) is 0. The summed E-state index contributed by atoms with van der Waals surface area (Å²) in [6.45, 7) is 1.34. The third-order valence-electron chi connectivity index (χ3n) is 4.75. The fraction of sp³-hybridized carbons (Fsp3) is 0.238. The zero-order valence-electron chi connectivity index (χ0n) is 16.0. The Morgan fingerprint density at radius 3 is 2.73 bits per heavy atom. The Kier molecular flexibility index (Phi) is 5.09. The number of ether oxygens (including phenoxy) is 3. The number of rotatable bonds is 6. The topological polar surface area (TPSA) is 111 Å². The summed E-state index contributed by atoms with van der Waals surface area (Å²) >= 11 is 0. The number of ketones is 1. The number of amides is 2. The number of carbonyl (C=O) groups excluding carboxylic acids is 4. The van der Waals surface area contributed by atoms with E-state index < -0.39 is 36.2 Å². The lowest BCUT2D eigenvalue weighted by Crippen LogP contribution is -2.40. The predicted molar refractivity (Wildman–Crippen MR) is 103 cm³/mol. The first-order chi connectivity index (χ1) is 14.4. The van der Waals surface area contributed by atoms with Gasteiger partial charge in [0.05, 0.1) is 11.3 Å². The molecular formula is C21H18N2O7. The third kappa shape index (κ3) is 3.69. The monoisotopic (exact) mass is 410 g/mol. The van der Waals surface area contributed by atoms with Crippen LogP contribution in [-0.4, -0.2) is 43.0 Å². The fourth-order valence-corrected chi connectivity index (χ4v) is 3.21. The highest BCUT2D eigenvalue weighted by atomic mass is 16.7. The number of anilines is 1. The van der Waals surface area contributed by atoms with E-state index in [4.69, 9.17) is 14.2 Å². The molecule has 0 fully saturated rings. The summed E-state index contributed by atoms with van der Waals surface area (Å²) in [5.74, 6) is -1.51. The van der Waals surface area contributed by atoms with Crippen LogP contribution in [0.2, 0.25) is 0 Å². The van der Waals surface area contributed by atoms with Gasteiger partial charge < -0.3 is 19.5 Å². The van der Waals surface area contributed by atoms with Gasteiger partial charge in [0.2, 0.25) is 6.79 Å². The maximum atomic E-state index is 12.3. The van der Waals surface area contributed by atoms with Crippen LogP contribution in [-0.2, 0) is 25.7 Å². The first-order valence-corrected chi connectivity index (χ1v) is 9.25. The molecule has 0 aliphatic carbocycles. The molecule has 9 heteroatoms. The molecule has 30 heavy (non-hydrogen) atoms. The molecule has 2 aliphatic heterocycles. The van der Waals surface area contributed by atoms with Crippen molar-refractivity contribution >= 4 is 29.3 Å². The van der Waals surface area contributed by atoms with Gasteiger partial charge in [0.15, 0.2) is 17.6 Å². The van der Waals surface area contributed by atoms with Crippen LogP contribution in [0.5, 0.6) is 11.5 Å². The highest BCUT2D eigenvalue weighted by Gasteiger charge is 2.37. The van der Waals surface area contributed by atoms with E-state index in [1.165, 1.54) is 13.0 Å². The van der Waals surface area contributed by atoms with E-state index in [9.17, 15) is 19.2 Å². The number of hydrogen-bond acceptors (Lipinski definition) is 7. The van der Waals surface area contributed by atoms with Crippen LogP contribution >= 0.6 is 0 Å². The van der Waals surface area contributed by atoms with Crippen molar-refractivity contribution in [1.29, 1.82) is 0 Å². The lowest BCUT2D eigenvalue weighted by atomic mass is 10.1. The Balaban J connectivity index is 1.31. The van der Waals surface area contributed by atoms with Crippen molar-refractivity contribution in [3.8, 4) is 11.5 Å². The lowest BCUT2D eigenvalue weighted by Gasteiger charge is -2.18. The standard InChI is InChI=1S/C21H18N2O7/c1-12(20(26)22-9-13-6-7-16-17(8-13)29-11-28-16)30-18(24)10-23-15-5-3-2-4-14(15)19(25)21(23)27/h2-8,12H,9-11H2,1H3,(H,22,26)/t12-/m1/s1. The first kappa shape index (κ1) is 19.4. The zero-order valence-corrected chi connectivity index (χ0v) is 16.0. The zero-order chi connectivity index (χ0) is 21.3.